The summed E-state index contributed by atoms with van der Waals surface area (Å²) in [5, 5.41) is 11.7. The van der Waals surface area contributed by atoms with Crippen LogP contribution in [0.2, 0.25) is 0 Å². The number of piperidine rings is 1. The summed E-state index contributed by atoms with van der Waals surface area (Å²) >= 11 is 0. The molecule has 9 nitrogen and oxygen atoms in total. The van der Waals surface area contributed by atoms with Crippen molar-refractivity contribution in [3.63, 3.8) is 0 Å². The number of hydrogen-bond acceptors (Lipinski definition) is 6. The zero-order valence-corrected chi connectivity index (χ0v) is 20.2. The molecule has 2 N–H and O–H groups in total. The van der Waals surface area contributed by atoms with E-state index in [1.807, 2.05) is 48.5 Å². The molecule has 0 aliphatic carbocycles. The number of carbonyl (C=O) groups is 2. The largest absolute Gasteiger partial charge is 0.497 e. The van der Waals surface area contributed by atoms with Crippen LogP contribution in [0.1, 0.15) is 23.2 Å². The van der Waals surface area contributed by atoms with Gasteiger partial charge in [0.25, 0.3) is 5.91 Å². The van der Waals surface area contributed by atoms with Crippen molar-refractivity contribution in [2.75, 3.05) is 32.6 Å². The van der Waals surface area contributed by atoms with Gasteiger partial charge in [-0.2, -0.15) is 4.98 Å². The van der Waals surface area contributed by atoms with Crippen molar-refractivity contribution in [1.29, 1.82) is 0 Å². The van der Waals surface area contributed by atoms with Crippen LogP contribution < -0.4 is 14.8 Å². The summed E-state index contributed by atoms with van der Waals surface area (Å²) in [4.78, 5) is 32.6. The van der Waals surface area contributed by atoms with E-state index in [1.165, 1.54) is 0 Å². The number of anilines is 1. The Morgan fingerprint density at radius 2 is 1.89 bits per heavy atom. The molecule has 9 heteroatoms. The van der Waals surface area contributed by atoms with Gasteiger partial charge in [0.2, 0.25) is 11.9 Å². The average Bonchev–Trinajstić information content (AvgIpc) is 3.40. The molecule has 1 unspecified atom stereocenters. The Hall–Kier alpha value is -4.40. The second-order valence-electron chi connectivity index (χ2n) is 8.68. The summed E-state index contributed by atoms with van der Waals surface area (Å²) in [6.45, 7) is 0.964. The van der Waals surface area contributed by atoms with Crippen molar-refractivity contribution in [3.8, 4) is 22.9 Å². The number of amides is 2. The molecular weight excluding hydrogens is 458 g/mol. The number of ether oxygens (including phenoxy) is 2. The predicted molar refractivity (Wildman–Crippen MR) is 136 cm³/mol. The fourth-order valence-corrected chi connectivity index (χ4v) is 4.60. The minimum absolute atomic E-state index is 0.0592. The Labute approximate surface area is 208 Å². The maximum absolute atomic E-state index is 13.4. The third kappa shape index (κ3) is 4.59. The number of hydrogen-bond donors (Lipinski definition) is 2. The standard InChI is InChI=1S/C27H27N5O4/c1-35-19-12-13-22(23(15-19)36-2)24-28-27(31-30-24)29-25(33)18-9-6-14-32(16-18)26(34)21-11-5-8-17-7-3-4-10-20(17)21/h3-5,7-8,10-13,15,18H,6,9,14,16H2,1-2H3,(H2,28,29,30,31,33). The minimum Gasteiger partial charge on any atom is -0.497 e. The molecule has 0 radical (unpaired) electrons. The van der Waals surface area contributed by atoms with Gasteiger partial charge in [0, 0.05) is 24.7 Å². The maximum Gasteiger partial charge on any atom is 0.254 e. The van der Waals surface area contributed by atoms with E-state index in [4.69, 9.17) is 9.47 Å². The summed E-state index contributed by atoms with van der Waals surface area (Å²) < 4.78 is 10.7. The number of methoxy groups -OCH3 is 2. The van der Waals surface area contributed by atoms with E-state index in [-0.39, 0.29) is 23.7 Å². The van der Waals surface area contributed by atoms with Crippen molar-refractivity contribution in [3.05, 3.63) is 66.2 Å². The van der Waals surface area contributed by atoms with E-state index < -0.39 is 0 Å². The smallest absolute Gasteiger partial charge is 0.254 e. The highest BCUT2D eigenvalue weighted by molar-refractivity contribution is 6.07. The highest BCUT2D eigenvalue weighted by Crippen LogP contribution is 2.32. The van der Waals surface area contributed by atoms with E-state index in [0.717, 1.165) is 17.2 Å². The second kappa shape index (κ2) is 10.1. The number of aromatic amines is 1. The average molecular weight is 486 g/mol. The van der Waals surface area contributed by atoms with Crippen LogP contribution in [0.25, 0.3) is 22.2 Å². The van der Waals surface area contributed by atoms with E-state index >= 15 is 0 Å². The van der Waals surface area contributed by atoms with Gasteiger partial charge in [0.15, 0.2) is 5.82 Å². The monoisotopic (exact) mass is 485 g/mol. The second-order valence-corrected chi connectivity index (χ2v) is 8.68. The Balaban J connectivity index is 1.28. The van der Waals surface area contributed by atoms with Crippen molar-refractivity contribution in [1.82, 2.24) is 20.1 Å². The van der Waals surface area contributed by atoms with Crippen LogP contribution in [0, 0.1) is 5.92 Å². The molecule has 4 aromatic rings. The minimum atomic E-state index is -0.352. The summed E-state index contributed by atoms with van der Waals surface area (Å²) in [6, 6.07) is 18.9. The quantitative estimate of drug-likeness (QED) is 0.425. The molecule has 2 heterocycles. The number of nitrogens with zero attached hydrogens (tertiary/aromatic N) is 3. The predicted octanol–water partition coefficient (Wildman–Crippen LogP) is 4.13. The maximum atomic E-state index is 13.4. The van der Waals surface area contributed by atoms with Crippen LogP contribution in [-0.4, -0.2) is 59.2 Å². The van der Waals surface area contributed by atoms with Gasteiger partial charge in [0.1, 0.15) is 11.5 Å². The fraction of sp³-hybridized carbons (Fsp3) is 0.259. The van der Waals surface area contributed by atoms with Gasteiger partial charge >= 0.3 is 0 Å². The van der Waals surface area contributed by atoms with Crippen LogP contribution in [0.5, 0.6) is 11.5 Å². The van der Waals surface area contributed by atoms with E-state index in [1.54, 1.807) is 31.3 Å². The molecule has 1 aliphatic rings. The molecule has 36 heavy (non-hydrogen) atoms. The van der Waals surface area contributed by atoms with Gasteiger partial charge < -0.3 is 14.4 Å². The molecule has 1 aliphatic heterocycles. The lowest BCUT2D eigenvalue weighted by Crippen LogP contribution is -2.43. The number of H-pyrrole nitrogens is 1. The first-order valence-corrected chi connectivity index (χ1v) is 11.8. The first kappa shape index (κ1) is 23.3. The molecule has 1 fully saturated rings. The number of benzene rings is 3. The molecule has 3 aromatic carbocycles. The Kier molecular flexibility index (Phi) is 6.53. The topological polar surface area (TPSA) is 109 Å². The summed E-state index contributed by atoms with van der Waals surface area (Å²) in [6.07, 6.45) is 1.44. The molecule has 0 bridgehead atoms. The van der Waals surface area contributed by atoms with Crippen LogP contribution in [0.15, 0.2) is 60.7 Å². The lowest BCUT2D eigenvalue weighted by molar-refractivity contribution is -0.121. The molecule has 1 aromatic heterocycles. The van der Waals surface area contributed by atoms with Gasteiger partial charge in [-0.1, -0.05) is 36.4 Å². The Morgan fingerprint density at radius 3 is 2.72 bits per heavy atom. The molecule has 1 atom stereocenters. The third-order valence-electron chi connectivity index (χ3n) is 6.48. The van der Waals surface area contributed by atoms with Crippen LogP contribution in [0.4, 0.5) is 5.95 Å². The molecular formula is C27H27N5O4. The Bertz CT molecular complexity index is 1410. The molecule has 184 valence electrons. The SMILES string of the molecule is COc1ccc(-c2nc(NC(=O)C3CCCN(C(=O)c4cccc5ccccc45)C3)n[nH]2)c(OC)c1. The third-order valence-corrected chi connectivity index (χ3v) is 6.48. The van der Waals surface area contributed by atoms with Crippen LogP contribution >= 0.6 is 0 Å². The fourth-order valence-electron chi connectivity index (χ4n) is 4.60. The van der Waals surface area contributed by atoms with Crippen molar-refractivity contribution in [2.45, 2.75) is 12.8 Å². The van der Waals surface area contributed by atoms with Crippen molar-refractivity contribution in [2.24, 2.45) is 5.92 Å². The van der Waals surface area contributed by atoms with Gasteiger partial charge in [-0.25, -0.2) is 0 Å². The first-order valence-electron chi connectivity index (χ1n) is 11.8. The van der Waals surface area contributed by atoms with Crippen molar-refractivity contribution < 1.29 is 19.1 Å². The Morgan fingerprint density at radius 1 is 1.06 bits per heavy atom. The summed E-state index contributed by atoms with van der Waals surface area (Å²) in [7, 11) is 3.14. The van der Waals surface area contributed by atoms with E-state index in [9.17, 15) is 9.59 Å². The number of rotatable bonds is 6. The van der Waals surface area contributed by atoms with Crippen LogP contribution in [-0.2, 0) is 4.79 Å². The number of fused-ring (bicyclic) bond motifs is 1. The van der Waals surface area contributed by atoms with Gasteiger partial charge in [-0.3, -0.25) is 20.0 Å². The highest BCUT2D eigenvalue weighted by Gasteiger charge is 2.30. The van der Waals surface area contributed by atoms with E-state index in [2.05, 4.69) is 20.5 Å². The molecule has 5 rings (SSSR count). The number of carbonyl (C=O) groups excluding carboxylic acids is 2. The van der Waals surface area contributed by atoms with Gasteiger partial charge in [-0.15, -0.1) is 5.10 Å². The molecule has 0 spiro atoms. The molecule has 2 amide bonds. The summed E-state index contributed by atoms with van der Waals surface area (Å²) in [5.74, 6) is 1.23. The van der Waals surface area contributed by atoms with Gasteiger partial charge in [0.05, 0.1) is 25.7 Å². The first-order chi connectivity index (χ1) is 17.6. The number of nitrogens with one attached hydrogen (secondary N) is 2. The molecule has 0 saturated carbocycles. The normalized spacial score (nSPS) is 15.5. The lowest BCUT2D eigenvalue weighted by atomic mass is 9.95. The van der Waals surface area contributed by atoms with E-state index in [0.29, 0.717) is 48.0 Å². The lowest BCUT2D eigenvalue weighted by Gasteiger charge is -2.32. The van der Waals surface area contributed by atoms with Crippen molar-refractivity contribution >= 4 is 28.5 Å². The number of aromatic nitrogens is 3. The molecule has 1 saturated heterocycles. The zero-order valence-electron chi connectivity index (χ0n) is 20.2. The zero-order chi connectivity index (χ0) is 25.1. The number of likely N-dealkylation sites (tertiary alicyclic amines) is 1. The summed E-state index contributed by atoms with van der Waals surface area (Å²) in [5.41, 5.74) is 1.34. The van der Waals surface area contributed by atoms with Gasteiger partial charge in [-0.05, 0) is 41.8 Å². The highest BCUT2D eigenvalue weighted by atomic mass is 16.5. The van der Waals surface area contributed by atoms with Crippen LogP contribution in [0.3, 0.4) is 0 Å².